The van der Waals surface area contributed by atoms with Crippen LogP contribution in [0.2, 0.25) is 0 Å². The maximum atomic E-state index is 12.6. The first-order chi connectivity index (χ1) is 18.4. The first-order valence-electron chi connectivity index (χ1n) is 12.7. The van der Waals surface area contributed by atoms with Crippen LogP contribution in [0.15, 0.2) is 48.8 Å². The van der Waals surface area contributed by atoms with Crippen molar-refractivity contribution in [2.24, 2.45) is 0 Å². The number of fused-ring (bicyclic) bond motifs is 1. The number of pyridine rings is 1. The van der Waals surface area contributed by atoms with Crippen molar-refractivity contribution in [2.75, 3.05) is 46.7 Å². The third-order valence-electron chi connectivity index (χ3n) is 5.68. The highest BCUT2D eigenvalue weighted by molar-refractivity contribution is 5.92. The highest BCUT2D eigenvalue weighted by Crippen LogP contribution is 2.35. The fourth-order valence-electron chi connectivity index (χ4n) is 3.84. The Hall–Kier alpha value is -4.18. The molecule has 4 rings (SSSR count). The topological polar surface area (TPSA) is 106 Å². The van der Waals surface area contributed by atoms with Crippen molar-refractivity contribution < 1.29 is 14.3 Å². The Kier molecular flexibility index (Phi) is 10.0. The number of anilines is 2. The molecule has 202 valence electrons. The predicted molar refractivity (Wildman–Crippen MR) is 151 cm³/mol. The molecule has 38 heavy (non-hydrogen) atoms. The molecule has 10 nitrogen and oxygen atoms in total. The molecule has 4 aromatic rings. The highest BCUT2D eigenvalue weighted by Gasteiger charge is 2.14. The molecule has 0 atom stereocenters. The fourth-order valence-corrected chi connectivity index (χ4v) is 3.84. The van der Waals surface area contributed by atoms with Crippen LogP contribution >= 0.6 is 0 Å². The molecule has 0 bridgehead atoms. The minimum atomic E-state index is -0.215. The van der Waals surface area contributed by atoms with Crippen molar-refractivity contribution in [1.29, 1.82) is 0 Å². The summed E-state index contributed by atoms with van der Waals surface area (Å²) in [5.74, 6) is 2.15. The van der Waals surface area contributed by atoms with Crippen LogP contribution in [0.3, 0.4) is 0 Å². The summed E-state index contributed by atoms with van der Waals surface area (Å²) in [5, 5.41) is 7.02. The Morgan fingerprint density at radius 2 is 1.87 bits per heavy atom. The largest absolute Gasteiger partial charge is 0.493 e. The van der Waals surface area contributed by atoms with Crippen LogP contribution in [0.25, 0.3) is 16.9 Å². The van der Waals surface area contributed by atoms with Crippen molar-refractivity contribution >= 4 is 28.6 Å². The first-order valence-corrected chi connectivity index (χ1v) is 12.7. The van der Waals surface area contributed by atoms with Gasteiger partial charge < -0.3 is 25.0 Å². The molecular formula is C28H37N7O3. The minimum Gasteiger partial charge on any atom is -0.493 e. The second kappa shape index (κ2) is 13.4. The maximum Gasteiger partial charge on any atom is 0.270 e. The molecular weight excluding hydrogens is 482 g/mol. The van der Waals surface area contributed by atoms with Gasteiger partial charge in [0.15, 0.2) is 17.1 Å². The number of ether oxygens (including phenoxy) is 2. The molecule has 0 aliphatic rings. The van der Waals surface area contributed by atoms with Gasteiger partial charge in [-0.1, -0.05) is 26.8 Å². The summed E-state index contributed by atoms with van der Waals surface area (Å²) < 4.78 is 12.9. The van der Waals surface area contributed by atoms with Crippen LogP contribution in [0, 0.1) is 0 Å². The van der Waals surface area contributed by atoms with Crippen LogP contribution < -0.4 is 20.1 Å². The first kappa shape index (κ1) is 28.4. The summed E-state index contributed by atoms with van der Waals surface area (Å²) in [6.45, 7) is 7.35. The lowest BCUT2D eigenvalue weighted by Gasteiger charge is -2.15. The number of aryl methyl sites for hydroxylation is 1. The monoisotopic (exact) mass is 519 g/mol. The Labute approximate surface area is 224 Å². The van der Waals surface area contributed by atoms with Gasteiger partial charge in [-0.25, -0.2) is 9.97 Å². The quantitative estimate of drug-likeness (QED) is 0.316. The summed E-state index contributed by atoms with van der Waals surface area (Å²) in [6, 6.07) is 11.1. The van der Waals surface area contributed by atoms with E-state index in [1.807, 2.05) is 73.9 Å². The molecule has 0 aliphatic heterocycles. The minimum absolute atomic E-state index is 0.215. The number of likely N-dealkylation sites (N-methyl/N-ethyl adjacent to an activating group) is 1. The van der Waals surface area contributed by atoms with Crippen molar-refractivity contribution in [3.8, 4) is 17.3 Å². The molecule has 0 radical (unpaired) electrons. The molecule has 0 spiro atoms. The average molecular weight is 520 g/mol. The SMILES string of the molecule is CC.CCc1cc(Nc2ncc3ccn(-c4cccc(C(=O)NCCN(C)C)n4)c3n2)cc(OC)c1OC. The summed E-state index contributed by atoms with van der Waals surface area (Å²) in [6.07, 6.45) is 4.40. The van der Waals surface area contributed by atoms with Gasteiger partial charge in [0, 0.05) is 42.6 Å². The predicted octanol–water partition coefficient (Wildman–Crippen LogP) is 4.46. The third kappa shape index (κ3) is 6.57. The van der Waals surface area contributed by atoms with Crippen LogP contribution in [-0.2, 0) is 6.42 Å². The maximum absolute atomic E-state index is 12.6. The van der Waals surface area contributed by atoms with Gasteiger partial charge in [-0.15, -0.1) is 0 Å². The molecule has 1 aromatic carbocycles. The molecule has 0 saturated heterocycles. The van der Waals surface area contributed by atoms with Gasteiger partial charge in [-0.2, -0.15) is 4.98 Å². The van der Waals surface area contributed by atoms with E-state index in [2.05, 4.69) is 27.5 Å². The number of hydrogen-bond acceptors (Lipinski definition) is 8. The number of amides is 1. The Bertz CT molecular complexity index is 1340. The normalized spacial score (nSPS) is 10.6. The Morgan fingerprint density at radius 3 is 2.55 bits per heavy atom. The number of carbonyl (C=O) groups excluding carboxylic acids is 1. The van der Waals surface area contributed by atoms with Gasteiger partial charge in [0.1, 0.15) is 11.5 Å². The molecule has 10 heteroatoms. The van der Waals surface area contributed by atoms with Gasteiger partial charge in [-0.05, 0) is 50.3 Å². The molecule has 3 aromatic heterocycles. The number of methoxy groups -OCH3 is 2. The number of nitrogens with zero attached hydrogens (tertiary/aromatic N) is 5. The van der Waals surface area contributed by atoms with Crippen molar-refractivity contribution in [3.05, 3.63) is 60.0 Å². The van der Waals surface area contributed by atoms with Crippen LogP contribution in [-0.4, -0.2) is 71.7 Å². The van der Waals surface area contributed by atoms with E-state index in [0.717, 1.165) is 29.6 Å². The van der Waals surface area contributed by atoms with Crippen molar-refractivity contribution in [3.63, 3.8) is 0 Å². The number of rotatable bonds is 10. The Morgan fingerprint density at radius 1 is 1.08 bits per heavy atom. The molecule has 2 N–H and O–H groups in total. The van der Waals surface area contributed by atoms with Crippen molar-refractivity contribution in [2.45, 2.75) is 27.2 Å². The summed E-state index contributed by atoms with van der Waals surface area (Å²) in [4.78, 5) is 28.3. The highest BCUT2D eigenvalue weighted by atomic mass is 16.5. The van der Waals surface area contributed by atoms with Gasteiger partial charge in [0.05, 0.1) is 14.2 Å². The van der Waals surface area contributed by atoms with Gasteiger partial charge >= 0.3 is 0 Å². The molecule has 3 heterocycles. The van der Waals surface area contributed by atoms with Gasteiger partial charge in [-0.3, -0.25) is 9.36 Å². The lowest BCUT2D eigenvalue weighted by Crippen LogP contribution is -2.31. The standard InChI is InChI=1S/C26H31N7O3.C2H6/c1-6-17-14-19(15-21(35-4)23(17)36-5)29-26-28-16-18-10-12-33(24(18)31-26)22-9-7-8-20(30-22)25(34)27-11-13-32(2)3;1-2/h7-10,12,14-16H,6,11,13H2,1-5H3,(H,27,34)(H,28,29,31);1-2H3. The number of hydrogen-bond donors (Lipinski definition) is 2. The van der Waals surface area contributed by atoms with E-state index in [0.29, 0.717) is 41.2 Å². The molecule has 0 aliphatic carbocycles. The van der Waals surface area contributed by atoms with Crippen molar-refractivity contribution in [1.82, 2.24) is 29.7 Å². The molecule has 0 unspecified atom stereocenters. The molecule has 0 saturated carbocycles. The smallest absolute Gasteiger partial charge is 0.270 e. The molecule has 0 fully saturated rings. The lowest BCUT2D eigenvalue weighted by atomic mass is 10.1. The second-order valence-corrected chi connectivity index (χ2v) is 8.45. The average Bonchev–Trinajstić information content (AvgIpc) is 3.36. The van der Waals surface area contributed by atoms with Gasteiger partial charge in [0.2, 0.25) is 5.95 Å². The van der Waals surface area contributed by atoms with Crippen LogP contribution in [0.5, 0.6) is 11.5 Å². The van der Waals surface area contributed by atoms with E-state index in [4.69, 9.17) is 14.5 Å². The number of benzene rings is 1. The van der Waals surface area contributed by atoms with Crippen LogP contribution in [0.1, 0.15) is 36.8 Å². The number of aromatic nitrogens is 4. The molecule has 1 amide bonds. The van der Waals surface area contributed by atoms with Crippen LogP contribution in [0.4, 0.5) is 11.6 Å². The zero-order valence-corrected chi connectivity index (χ0v) is 23.2. The van der Waals surface area contributed by atoms with E-state index in [1.54, 1.807) is 26.5 Å². The summed E-state index contributed by atoms with van der Waals surface area (Å²) in [7, 11) is 7.16. The summed E-state index contributed by atoms with van der Waals surface area (Å²) >= 11 is 0. The van der Waals surface area contributed by atoms with E-state index in [1.165, 1.54) is 0 Å². The van der Waals surface area contributed by atoms with Gasteiger partial charge in [0.25, 0.3) is 5.91 Å². The summed E-state index contributed by atoms with van der Waals surface area (Å²) in [5.41, 5.74) is 2.81. The zero-order chi connectivity index (χ0) is 27.7. The number of nitrogens with one attached hydrogen (secondary N) is 2. The lowest BCUT2D eigenvalue weighted by molar-refractivity contribution is 0.0946. The Balaban J connectivity index is 0.00000195. The van der Waals surface area contributed by atoms with E-state index in [-0.39, 0.29) is 5.91 Å². The van der Waals surface area contributed by atoms with E-state index in [9.17, 15) is 4.79 Å². The zero-order valence-electron chi connectivity index (χ0n) is 23.2. The van der Waals surface area contributed by atoms with E-state index < -0.39 is 0 Å². The second-order valence-electron chi connectivity index (χ2n) is 8.45. The fraction of sp³-hybridized carbons (Fsp3) is 0.357. The van der Waals surface area contributed by atoms with E-state index >= 15 is 0 Å². The number of carbonyl (C=O) groups is 1. The third-order valence-corrected chi connectivity index (χ3v) is 5.68.